The fourth-order valence-corrected chi connectivity index (χ4v) is 2.46. The van der Waals surface area contributed by atoms with Crippen molar-refractivity contribution in [3.63, 3.8) is 0 Å². The Labute approximate surface area is 96.5 Å². The first-order valence-corrected chi connectivity index (χ1v) is 5.60. The SMILES string of the molecule is CC(=O)c1nc(-c2ccccc2)sc1Cl. The fourth-order valence-electron chi connectivity index (χ4n) is 1.22. The van der Waals surface area contributed by atoms with E-state index in [2.05, 4.69) is 4.98 Å². The van der Waals surface area contributed by atoms with Crippen LogP contribution in [0.25, 0.3) is 10.6 Å². The van der Waals surface area contributed by atoms with Gasteiger partial charge in [-0.05, 0) is 0 Å². The lowest BCUT2D eigenvalue weighted by molar-refractivity contribution is 0.101. The van der Waals surface area contributed by atoms with Gasteiger partial charge in [-0.15, -0.1) is 11.3 Å². The molecule has 0 aliphatic carbocycles. The van der Waals surface area contributed by atoms with E-state index < -0.39 is 0 Å². The maximum absolute atomic E-state index is 11.2. The molecule has 0 N–H and O–H groups in total. The lowest BCUT2D eigenvalue weighted by atomic mass is 10.2. The molecule has 0 spiro atoms. The molecule has 0 radical (unpaired) electrons. The van der Waals surface area contributed by atoms with Crippen LogP contribution in [-0.4, -0.2) is 10.8 Å². The monoisotopic (exact) mass is 237 g/mol. The summed E-state index contributed by atoms with van der Waals surface area (Å²) in [6, 6.07) is 9.68. The summed E-state index contributed by atoms with van der Waals surface area (Å²) in [5, 5.41) is 0.783. The molecule has 0 unspecified atom stereocenters. The van der Waals surface area contributed by atoms with E-state index in [1.165, 1.54) is 18.3 Å². The minimum Gasteiger partial charge on any atom is -0.293 e. The average Bonchev–Trinajstić information content (AvgIpc) is 2.62. The molecule has 0 saturated heterocycles. The van der Waals surface area contributed by atoms with Crippen LogP contribution >= 0.6 is 22.9 Å². The molecule has 0 bridgehead atoms. The van der Waals surface area contributed by atoms with Crippen LogP contribution in [0.3, 0.4) is 0 Å². The van der Waals surface area contributed by atoms with Gasteiger partial charge in [0.2, 0.25) is 0 Å². The summed E-state index contributed by atoms with van der Waals surface area (Å²) in [6.07, 6.45) is 0. The number of Topliss-reactive ketones (excluding diaryl/α,β-unsaturated/α-hetero) is 1. The van der Waals surface area contributed by atoms with E-state index in [1.807, 2.05) is 30.3 Å². The Balaban J connectivity index is 2.48. The van der Waals surface area contributed by atoms with Crippen molar-refractivity contribution in [2.24, 2.45) is 0 Å². The number of hydrogen-bond donors (Lipinski definition) is 0. The summed E-state index contributed by atoms with van der Waals surface area (Å²) < 4.78 is 0.460. The van der Waals surface area contributed by atoms with Gasteiger partial charge in [0.05, 0.1) is 0 Å². The highest BCUT2D eigenvalue weighted by Gasteiger charge is 2.13. The van der Waals surface area contributed by atoms with E-state index in [-0.39, 0.29) is 5.78 Å². The summed E-state index contributed by atoms with van der Waals surface area (Å²) >= 11 is 7.25. The molecule has 0 fully saturated rings. The highest BCUT2D eigenvalue weighted by molar-refractivity contribution is 7.19. The third kappa shape index (κ3) is 2.08. The average molecular weight is 238 g/mol. The zero-order valence-electron chi connectivity index (χ0n) is 8.03. The number of carbonyl (C=O) groups is 1. The van der Waals surface area contributed by atoms with Gasteiger partial charge in [-0.3, -0.25) is 4.79 Å². The van der Waals surface area contributed by atoms with E-state index in [9.17, 15) is 4.79 Å². The number of halogens is 1. The number of aromatic nitrogens is 1. The number of nitrogens with zero attached hydrogens (tertiary/aromatic N) is 1. The highest BCUT2D eigenvalue weighted by atomic mass is 35.5. The third-order valence-corrected chi connectivity index (χ3v) is 3.24. The van der Waals surface area contributed by atoms with Crippen molar-refractivity contribution in [1.29, 1.82) is 0 Å². The van der Waals surface area contributed by atoms with Crippen molar-refractivity contribution >= 4 is 28.7 Å². The van der Waals surface area contributed by atoms with Gasteiger partial charge < -0.3 is 0 Å². The van der Waals surface area contributed by atoms with E-state index in [1.54, 1.807) is 0 Å². The van der Waals surface area contributed by atoms with E-state index >= 15 is 0 Å². The third-order valence-electron chi connectivity index (χ3n) is 1.94. The molecule has 1 aromatic heterocycles. The van der Waals surface area contributed by atoms with Crippen LogP contribution in [0, 0.1) is 0 Å². The molecule has 0 atom stereocenters. The van der Waals surface area contributed by atoms with Gasteiger partial charge in [-0.2, -0.15) is 0 Å². The molecule has 2 aromatic rings. The number of ketones is 1. The molecule has 2 nitrogen and oxygen atoms in total. The molecule has 0 aliphatic rings. The summed E-state index contributed by atoms with van der Waals surface area (Å²) in [5.41, 5.74) is 1.34. The van der Waals surface area contributed by atoms with Crippen LogP contribution in [0.2, 0.25) is 4.34 Å². The summed E-state index contributed by atoms with van der Waals surface area (Å²) in [4.78, 5) is 15.4. The topological polar surface area (TPSA) is 30.0 Å². The predicted molar refractivity (Wildman–Crippen MR) is 62.6 cm³/mol. The first-order chi connectivity index (χ1) is 7.18. The Morgan fingerprint density at radius 2 is 2.00 bits per heavy atom. The van der Waals surface area contributed by atoms with Crippen LogP contribution in [0.5, 0.6) is 0 Å². The maximum atomic E-state index is 11.2. The number of thiazole rings is 1. The van der Waals surface area contributed by atoms with Crippen LogP contribution in [0.4, 0.5) is 0 Å². The summed E-state index contributed by atoms with van der Waals surface area (Å²) in [5.74, 6) is -0.0987. The normalized spacial score (nSPS) is 10.3. The van der Waals surface area contributed by atoms with Gasteiger partial charge in [0, 0.05) is 12.5 Å². The van der Waals surface area contributed by atoms with Gasteiger partial charge in [0.1, 0.15) is 15.0 Å². The molecule has 4 heteroatoms. The van der Waals surface area contributed by atoms with Crippen LogP contribution in [0.15, 0.2) is 30.3 Å². The Bertz CT molecular complexity index is 493. The van der Waals surface area contributed by atoms with Gasteiger partial charge in [0.25, 0.3) is 0 Å². The molecule has 1 aromatic carbocycles. The Morgan fingerprint density at radius 3 is 2.53 bits per heavy atom. The quantitative estimate of drug-likeness (QED) is 0.746. The summed E-state index contributed by atoms with van der Waals surface area (Å²) in [6.45, 7) is 1.47. The van der Waals surface area contributed by atoms with Crippen LogP contribution in [0.1, 0.15) is 17.4 Å². The lowest BCUT2D eigenvalue weighted by Gasteiger charge is -1.92. The largest absolute Gasteiger partial charge is 0.293 e. The summed E-state index contributed by atoms with van der Waals surface area (Å²) in [7, 11) is 0. The Morgan fingerprint density at radius 1 is 1.33 bits per heavy atom. The van der Waals surface area contributed by atoms with Crippen LogP contribution in [-0.2, 0) is 0 Å². The predicted octanol–water partition coefficient (Wildman–Crippen LogP) is 3.67. The van der Waals surface area contributed by atoms with Gasteiger partial charge in [-0.1, -0.05) is 41.9 Å². The van der Waals surface area contributed by atoms with Crippen molar-refractivity contribution < 1.29 is 4.79 Å². The molecule has 0 aliphatic heterocycles. The van der Waals surface area contributed by atoms with Crippen molar-refractivity contribution in [2.45, 2.75) is 6.92 Å². The molecular weight excluding hydrogens is 230 g/mol. The van der Waals surface area contributed by atoms with Crippen molar-refractivity contribution in [2.75, 3.05) is 0 Å². The van der Waals surface area contributed by atoms with Gasteiger partial charge in [0.15, 0.2) is 5.78 Å². The minimum atomic E-state index is -0.0987. The maximum Gasteiger partial charge on any atom is 0.180 e. The molecule has 0 saturated carbocycles. The second-order valence-corrected chi connectivity index (χ2v) is 4.66. The molecule has 76 valence electrons. The lowest BCUT2D eigenvalue weighted by Crippen LogP contribution is -1.92. The molecule has 1 heterocycles. The van der Waals surface area contributed by atoms with E-state index in [4.69, 9.17) is 11.6 Å². The number of benzene rings is 1. The number of rotatable bonds is 2. The standard InChI is InChI=1S/C11H8ClNOS/c1-7(14)9-10(12)15-11(13-9)8-5-3-2-4-6-8/h2-6H,1H3. The molecular formula is C11H8ClNOS. The van der Waals surface area contributed by atoms with Crippen LogP contribution < -0.4 is 0 Å². The second-order valence-electron chi connectivity index (χ2n) is 3.06. The van der Waals surface area contributed by atoms with Gasteiger partial charge >= 0.3 is 0 Å². The van der Waals surface area contributed by atoms with E-state index in [0.717, 1.165) is 10.6 Å². The zero-order chi connectivity index (χ0) is 10.8. The number of carbonyl (C=O) groups excluding carboxylic acids is 1. The molecule has 0 amide bonds. The zero-order valence-corrected chi connectivity index (χ0v) is 9.60. The van der Waals surface area contributed by atoms with Gasteiger partial charge in [-0.25, -0.2) is 4.98 Å². The van der Waals surface area contributed by atoms with E-state index in [0.29, 0.717) is 10.0 Å². The number of hydrogen-bond acceptors (Lipinski definition) is 3. The Kier molecular flexibility index (Phi) is 2.84. The first-order valence-electron chi connectivity index (χ1n) is 4.41. The second kappa shape index (κ2) is 4.13. The highest BCUT2D eigenvalue weighted by Crippen LogP contribution is 2.31. The van der Waals surface area contributed by atoms with Crippen molar-refractivity contribution in [3.05, 3.63) is 40.4 Å². The smallest absolute Gasteiger partial charge is 0.180 e. The minimum absolute atomic E-state index is 0.0987. The van der Waals surface area contributed by atoms with Crippen molar-refractivity contribution in [1.82, 2.24) is 4.98 Å². The Hall–Kier alpha value is -1.19. The molecule has 15 heavy (non-hydrogen) atoms. The first kappa shape index (κ1) is 10.3. The molecule has 2 rings (SSSR count). The fraction of sp³-hybridized carbons (Fsp3) is 0.0909. The van der Waals surface area contributed by atoms with Crippen molar-refractivity contribution in [3.8, 4) is 10.6 Å².